The standard InChI is InChI=1S/C25H21Cl2FN2O2S/c1-2-11-29(25(32)16-3-6-18(28)7-4-16)15-23(31)30-12-9-22-20(10-13-33-22)24(30)19-8-5-17(26)14-21(19)27/h2-8,10,13-14,24H,1,9,11-12,15H2. The third-order valence-electron chi connectivity index (χ3n) is 5.60. The van der Waals surface area contributed by atoms with Gasteiger partial charge in [0, 0.05) is 33.6 Å². The number of hydrogen-bond acceptors (Lipinski definition) is 3. The first-order chi connectivity index (χ1) is 15.9. The van der Waals surface area contributed by atoms with Crippen LogP contribution in [0.4, 0.5) is 4.39 Å². The van der Waals surface area contributed by atoms with Crippen LogP contribution in [-0.4, -0.2) is 41.2 Å². The quantitative estimate of drug-likeness (QED) is 0.388. The molecule has 1 aliphatic heterocycles. The first-order valence-corrected chi connectivity index (χ1v) is 12.0. The second kappa shape index (κ2) is 10.1. The molecule has 0 saturated heterocycles. The number of fused-ring (bicyclic) bond motifs is 1. The van der Waals surface area contributed by atoms with Gasteiger partial charge in [-0.1, -0.05) is 35.3 Å². The molecule has 0 spiro atoms. The SMILES string of the molecule is C=CCN(CC(=O)N1CCc2sccc2C1c1ccc(Cl)cc1Cl)C(=O)c1ccc(F)cc1. The van der Waals surface area contributed by atoms with E-state index >= 15 is 0 Å². The first-order valence-electron chi connectivity index (χ1n) is 10.4. The Labute approximate surface area is 205 Å². The predicted octanol–water partition coefficient (Wildman–Crippen LogP) is 6.00. The van der Waals surface area contributed by atoms with Gasteiger partial charge in [0.15, 0.2) is 0 Å². The predicted molar refractivity (Wildman–Crippen MR) is 131 cm³/mol. The number of hydrogen-bond donors (Lipinski definition) is 0. The fourth-order valence-electron chi connectivity index (χ4n) is 4.05. The summed E-state index contributed by atoms with van der Waals surface area (Å²) < 4.78 is 13.3. The molecule has 0 N–H and O–H groups in total. The third-order valence-corrected chi connectivity index (χ3v) is 7.16. The minimum Gasteiger partial charge on any atom is -0.330 e. The lowest BCUT2D eigenvalue weighted by atomic mass is 9.93. The van der Waals surface area contributed by atoms with E-state index in [1.54, 1.807) is 34.4 Å². The van der Waals surface area contributed by atoms with Crippen molar-refractivity contribution in [1.29, 1.82) is 0 Å². The van der Waals surface area contributed by atoms with Crippen LogP contribution >= 0.6 is 34.5 Å². The molecule has 0 radical (unpaired) electrons. The van der Waals surface area contributed by atoms with E-state index in [1.165, 1.54) is 34.0 Å². The zero-order valence-electron chi connectivity index (χ0n) is 17.6. The number of amides is 2. The van der Waals surface area contributed by atoms with Crippen molar-refractivity contribution in [3.8, 4) is 0 Å². The van der Waals surface area contributed by atoms with E-state index in [9.17, 15) is 14.0 Å². The molecule has 0 bridgehead atoms. The van der Waals surface area contributed by atoms with Gasteiger partial charge >= 0.3 is 0 Å². The number of rotatable bonds is 6. The van der Waals surface area contributed by atoms with Gasteiger partial charge in [0.1, 0.15) is 12.4 Å². The average molecular weight is 503 g/mol. The smallest absolute Gasteiger partial charge is 0.254 e. The molecule has 4 nitrogen and oxygen atoms in total. The zero-order valence-corrected chi connectivity index (χ0v) is 20.0. The molecule has 2 amide bonds. The molecule has 0 fully saturated rings. The third kappa shape index (κ3) is 4.98. The Hall–Kier alpha value is -2.67. The maximum absolute atomic E-state index is 13.5. The first kappa shape index (κ1) is 23.5. The molecule has 2 aromatic carbocycles. The Balaban J connectivity index is 1.64. The Morgan fingerprint density at radius 2 is 1.91 bits per heavy atom. The highest BCUT2D eigenvalue weighted by Gasteiger charge is 2.35. The summed E-state index contributed by atoms with van der Waals surface area (Å²) in [6.07, 6.45) is 2.29. The van der Waals surface area contributed by atoms with Gasteiger partial charge in [-0.05, 0) is 65.4 Å². The second-order valence-electron chi connectivity index (χ2n) is 7.69. The summed E-state index contributed by atoms with van der Waals surface area (Å²) in [5.41, 5.74) is 2.12. The van der Waals surface area contributed by atoms with E-state index in [0.717, 1.165) is 17.5 Å². The summed E-state index contributed by atoms with van der Waals surface area (Å²) in [4.78, 5) is 30.9. The summed E-state index contributed by atoms with van der Waals surface area (Å²) in [5.74, 6) is -1.00. The summed E-state index contributed by atoms with van der Waals surface area (Å²) in [7, 11) is 0. The molecule has 170 valence electrons. The van der Waals surface area contributed by atoms with Crippen LogP contribution in [0.25, 0.3) is 0 Å². The number of carbonyl (C=O) groups excluding carboxylic acids is 2. The second-order valence-corrected chi connectivity index (χ2v) is 9.53. The van der Waals surface area contributed by atoms with E-state index in [4.69, 9.17) is 23.2 Å². The molecule has 1 unspecified atom stereocenters. The molecule has 4 rings (SSSR count). The molecule has 33 heavy (non-hydrogen) atoms. The monoisotopic (exact) mass is 502 g/mol. The van der Waals surface area contributed by atoms with Crippen LogP contribution in [-0.2, 0) is 11.2 Å². The highest BCUT2D eigenvalue weighted by atomic mass is 35.5. The van der Waals surface area contributed by atoms with Crippen LogP contribution in [0.5, 0.6) is 0 Å². The van der Waals surface area contributed by atoms with Crippen molar-refractivity contribution >= 4 is 46.4 Å². The minimum atomic E-state index is -0.430. The normalized spacial score (nSPS) is 15.1. The molecule has 0 aliphatic carbocycles. The lowest BCUT2D eigenvalue weighted by molar-refractivity contribution is -0.133. The van der Waals surface area contributed by atoms with Crippen LogP contribution in [0.1, 0.15) is 32.4 Å². The van der Waals surface area contributed by atoms with E-state index < -0.39 is 5.82 Å². The zero-order chi connectivity index (χ0) is 23.5. The molecule has 2 heterocycles. The van der Waals surface area contributed by atoms with Gasteiger partial charge in [-0.25, -0.2) is 4.39 Å². The number of carbonyl (C=O) groups is 2. The molecular formula is C25H21Cl2FN2O2S. The van der Waals surface area contributed by atoms with Gasteiger partial charge < -0.3 is 9.80 Å². The lowest BCUT2D eigenvalue weighted by Crippen LogP contribution is -2.46. The van der Waals surface area contributed by atoms with Gasteiger partial charge in [-0.2, -0.15) is 0 Å². The van der Waals surface area contributed by atoms with Crippen molar-refractivity contribution in [2.75, 3.05) is 19.6 Å². The fraction of sp³-hybridized carbons (Fsp3) is 0.200. The van der Waals surface area contributed by atoms with E-state index in [1.807, 2.05) is 17.5 Å². The summed E-state index contributed by atoms with van der Waals surface area (Å²) in [6, 6.07) is 12.2. The van der Waals surface area contributed by atoms with Crippen molar-refractivity contribution in [3.05, 3.63) is 104 Å². The Morgan fingerprint density at radius 3 is 2.61 bits per heavy atom. The van der Waals surface area contributed by atoms with Gasteiger partial charge in [-0.15, -0.1) is 17.9 Å². The van der Waals surface area contributed by atoms with Crippen molar-refractivity contribution in [3.63, 3.8) is 0 Å². The fourth-order valence-corrected chi connectivity index (χ4v) is 5.46. The number of benzene rings is 2. The highest BCUT2D eigenvalue weighted by molar-refractivity contribution is 7.10. The molecule has 8 heteroatoms. The van der Waals surface area contributed by atoms with Gasteiger partial charge in [-0.3, -0.25) is 9.59 Å². The molecular weight excluding hydrogens is 482 g/mol. The van der Waals surface area contributed by atoms with Gasteiger partial charge in [0.25, 0.3) is 5.91 Å². The van der Waals surface area contributed by atoms with Gasteiger partial charge in [0.2, 0.25) is 5.91 Å². The van der Waals surface area contributed by atoms with Crippen molar-refractivity contribution in [1.82, 2.24) is 9.80 Å². The number of thiophene rings is 1. The van der Waals surface area contributed by atoms with Crippen molar-refractivity contribution < 1.29 is 14.0 Å². The van der Waals surface area contributed by atoms with Crippen molar-refractivity contribution in [2.45, 2.75) is 12.5 Å². The maximum Gasteiger partial charge on any atom is 0.254 e. The van der Waals surface area contributed by atoms with E-state index in [2.05, 4.69) is 6.58 Å². The maximum atomic E-state index is 13.5. The largest absolute Gasteiger partial charge is 0.330 e. The van der Waals surface area contributed by atoms with Crippen LogP contribution < -0.4 is 0 Å². The number of nitrogens with zero attached hydrogens (tertiary/aromatic N) is 2. The topological polar surface area (TPSA) is 40.6 Å². The average Bonchev–Trinajstić information content (AvgIpc) is 3.27. The van der Waals surface area contributed by atoms with E-state index in [0.29, 0.717) is 22.2 Å². The molecule has 1 atom stereocenters. The molecule has 1 aliphatic rings. The number of halogens is 3. The van der Waals surface area contributed by atoms with Crippen LogP contribution in [0, 0.1) is 5.82 Å². The minimum absolute atomic E-state index is 0.136. The molecule has 0 saturated carbocycles. The van der Waals surface area contributed by atoms with Gasteiger partial charge in [0.05, 0.1) is 6.04 Å². The summed E-state index contributed by atoms with van der Waals surface area (Å²) in [5, 5.41) is 3.01. The Morgan fingerprint density at radius 1 is 1.15 bits per heavy atom. The summed E-state index contributed by atoms with van der Waals surface area (Å²) >= 11 is 14.3. The van der Waals surface area contributed by atoms with Crippen LogP contribution in [0.15, 0.2) is 66.6 Å². The van der Waals surface area contributed by atoms with Crippen molar-refractivity contribution in [2.24, 2.45) is 0 Å². The summed E-state index contributed by atoms with van der Waals surface area (Å²) in [6.45, 7) is 4.26. The molecule has 3 aromatic rings. The van der Waals surface area contributed by atoms with Crippen LogP contribution in [0.3, 0.4) is 0 Å². The Bertz CT molecular complexity index is 1200. The Kier molecular flexibility index (Phi) is 7.17. The highest BCUT2D eigenvalue weighted by Crippen LogP contribution is 2.41. The molecule has 1 aromatic heterocycles. The lowest BCUT2D eigenvalue weighted by Gasteiger charge is -2.38. The van der Waals surface area contributed by atoms with E-state index in [-0.39, 0.29) is 30.9 Å². The van der Waals surface area contributed by atoms with Crippen LogP contribution in [0.2, 0.25) is 10.0 Å².